The van der Waals surface area contributed by atoms with Crippen LogP contribution in [0.5, 0.6) is 0 Å². The van der Waals surface area contributed by atoms with E-state index in [1.54, 1.807) is 18.4 Å². The van der Waals surface area contributed by atoms with Crippen molar-refractivity contribution in [1.82, 2.24) is 15.5 Å². The number of amides is 2. The van der Waals surface area contributed by atoms with Gasteiger partial charge in [-0.3, -0.25) is 9.59 Å². The lowest BCUT2D eigenvalue weighted by molar-refractivity contribution is -0.126. The van der Waals surface area contributed by atoms with Crippen molar-refractivity contribution in [2.24, 2.45) is 5.92 Å². The van der Waals surface area contributed by atoms with Crippen LogP contribution in [-0.2, 0) is 9.59 Å². The van der Waals surface area contributed by atoms with Gasteiger partial charge < -0.3 is 15.5 Å². The molecule has 1 unspecified atom stereocenters. The third kappa shape index (κ3) is 5.40. The fraction of sp³-hybridized carbons (Fsp3) is 0.429. The van der Waals surface area contributed by atoms with Crippen LogP contribution in [0.4, 0.5) is 0 Å². The lowest BCUT2D eigenvalue weighted by Gasteiger charge is -2.31. The van der Waals surface area contributed by atoms with E-state index in [0.29, 0.717) is 6.42 Å². The molecule has 27 heavy (non-hydrogen) atoms. The summed E-state index contributed by atoms with van der Waals surface area (Å²) < 4.78 is 0. The number of nitrogens with zero attached hydrogens (tertiary/aromatic N) is 1. The standard InChI is InChI=1S/C21H27N3O2S/c1-22-21(26)17-9-12-24(13-10-17)14-11-19(25)23-20(18-8-5-15-27-18)16-6-3-2-4-7-16/h2-8,15,17,20H,9-14H2,1H3,(H,22,26)(H,23,25). The summed E-state index contributed by atoms with van der Waals surface area (Å²) in [5.74, 6) is 0.307. The van der Waals surface area contributed by atoms with Gasteiger partial charge in [0.2, 0.25) is 11.8 Å². The van der Waals surface area contributed by atoms with Crippen LogP contribution in [0.25, 0.3) is 0 Å². The molecule has 1 saturated heterocycles. The summed E-state index contributed by atoms with van der Waals surface area (Å²) in [6.45, 7) is 2.48. The smallest absolute Gasteiger partial charge is 0.222 e. The second-order valence-corrected chi connectivity index (χ2v) is 7.89. The first-order valence-corrected chi connectivity index (χ1v) is 10.4. The molecule has 1 aliphatic heterocycles. The summed E-state index contributed by atoms with van der Waals surface area (Å²) in [5, 5.41) is 7.96. The Bertz CT molecular complexity index is 725. The predicted molar refractivity (Wildman–Crippen MR) is 109 cm³/mol. The van der Waals surface area contributed by atoms with Gasteiger partial charge in [-0.05, 0) is 42.9 Å². The van der Waals surface area contributed by atoms with Crippen molar-refractivity contribution in [3.8, 4) is 0 Å². The summed E-state index contributed by atoms with van der Waals surface area (Å²) in [5.41, 5.74) is 1.10. The first-order chi connectivity index (χ1) is 13.2. The second-order valence-electron chi connectivity index (χ2n) is 6.91. The topological polar surface area (TPSA) is 61.4 Å². The normalized spacial score (nSPS) is 16.6. The SMILES string of the molecule is CNC(=O)C1CCN(CCC(=O)NC(c2ccccc2)c2cccs2)CC1. The summed E-state index contributed by atoms with van der Waals surface area (Å²) >= 11 is 1.66. The van der Waals surface area contributed by atoms with Crippen LogP contribution in [0.15, 0.2) is 47.8 Å². The van der Waals surface area contributed by atoms with Gasteiger partial charge in [0.1, 0.15) is 0 Å². The molecule has 1 aliphatic rings. The van der Waals surface area contributed by atoms with Crippen LogP contribution in [-0.4, -0.2) is 43.4 Å². The molecule has 0 radical (unpaired) electrons. The van der Waals surface area contributed by atoms with Crippen molar-refractivity contribution in [2.45, 2.75) is 25.3 Å². The molecule has 6 heteroatoms. The number of carbonyl (C=O) groups excluding carboxylic acids is 2. The number of carbonyl (C=O) groups is 2. The first-order valence-electron chi connectivity index (χ1n) is 9.49. The van der Waals surface area contributed by atoms with Crippen molar-refractivity contribution in [3.05, 3.63) is 58.3 Å². The average Bonchev–Trinajstić information content (AvgIpc) is 3.25. The van der Waals surface area contributed by atoms with Gasteiger partial charge >= 0.3 is 0 Å². The van der Waals surface area contributed by atoms with E-state index in [2.05, 4.69) is 21.6 Å². The first kappa shape index (κ1) is 19.6. The van der Waals surface area contributed by atoms with E-state index in [4.69, 9.17) is 0 Å². The van der Waals surface area contributed by atoms with E-state index >= 15 is 0 Å². The van der Waals surface area contributed by atoms with Crippen molar-refractivity contribution in [3.63, 3.8) is 0 Å². The van der Waals surface area contributed by atoms with Crippen LogP contribution >= 0.6 is 11.3 Å². The number of thiophene rings is 1. The average molecular weight is 386 g/mol. The highest BCUT2D eigenvalue weighted by molar-refractivity contribution is 7.10. The quantitative estimate of drug-likeness (QED) is 0.770. The monoisotopic (exact) mass is 385 g/mol. The fourth-order valence-corrected chi connectivity index (χ4v) is 4.34. The van der Waals surface area contributed by atoms with Crippen LogP contribution in [0.2, 0.25) is 0 Å². The molecule has 2 amide bonds. The largest absolute Gasteiger partial charge is 0.359 e. The van der Waals surface area contributed by atoms with Gasteiger partial charge in [-0.1, -0.05) is 36.4 Å². The molecule has 1 fully saturated rings. The number of benzene rings is 1. The van der Waals surface area contributed by atoms with Crippen molar-refractivity contribution >= 4 is 23.2 Å². The number of rotatable bonds is 7. The summed E-state index contributed by atoms with van der Waals surface area (Å²) in [6.07, 6.45) is 2.20. The molecule has 2 aromatic rings. The van der Waals surface area contributed by atoms with Crippen molar-refractivity contribution in [1.29, 1.82) is 0 Å². The molecular weight excluding hydrogens is 358 g/mol. The Morgan fingerprint density at radius 1 is 1.15 bits per heavy atom. The Hall–Kier alpha value is -2.18. The zero-order valence-electron chi connectivity index (χ0n) is 15.7. The maximum atomic E-state index is 12.6. The molecule has 0 spiro atoms. The van der Waals surface area contributed by atoms with E-state index in [0.717, 1.165) is 42.9 Å². The lowest BCUT2D eigenvalue weighted by atomic mass is 9.96. The van der Waals surface area contributed by atoms with Gasteiger partial charge in [0.25, 0.3) is 0 Å². The molecule has 144 valence electrons. The zero-order chi connectivity index (χ0) is 19.1. The van der Waals surface area contributed by atoms with Gasteiger partial charge in [0.15, 0.2) is 0 Å². The Balaban J connectivity index is 1.51. The minimum absolute atomic E-state index is 0.0608. The summed E-state index contributed by atoms with van der Waals surface area (Å²) in [6, 6.07) is 14.1. The highest BCUT2D eigenvalue weighted by Gasteiger charge is 2.24. The predicted octanol–water partition coefficient (Wildman–Crippen LogP) is 2.80. The number of hydrogen-bond acceptors (Lipinski definition) is 4. The van der Waals surface area contributed by atoms with Gasteiger partial charge in [-0.25, -0.2) is 0 Å². The van der Waals surface area contributed by atoms with Crippen LogP contribution < -0.4 is 10.6 Å². The van der Waals surface area contributed by atoms with Crippen LogP contribution in [0.3, 0.4) is 0 Å². The molecule has 3 rings (SSSR count). The number of piperidine rings is 1. The molecule has 1 aromatic carbocycles. The van der Waals surface area contributed by atoms with Crippen LogP contribution in [0.1, 0.15) is 35.7 Å². The lowest BCUT2D eigenvalue weighted by Crippen LogP contribution is -2.41. The van der Waals surface area contributed by atoms with Gasteiger partial charge in [-0.15, -0.1) is 11.3 Å². The minimum Gasteiger partial charge on any atom is -0.359 e. The van der Waals surface area contributed by atoms with Crippen LogP contribution in [0, 0.1) is 5.92 Å². The Morgan fingerprint density at radius 2 is 1.89 bits per heavy atom. The molecule has 1 atom stereocenters. The minimum atomic E-state index is -0.0994. The van der Waals surface area contributed by atoms with Crippen molar-refractivity contribution < 1.29 is 9.59 Å². The second kappa shape index (κ2) is 9.67. The Labute approximate surface area is 164 Å². The maximum absolute atomic E-state index is 12.6. The third-order valence-corrected chi connectivity index (χ3v) is 6.06. The van der Waals surface area contributed by atoms with Gasteiger partial charge in [0.05, 0.1) is 6.04 Å². The van der Waals surface area contributed by atoms with Gasteiger partial charge in [-0.2, -0.15) is 0 Å². The Morgan fingerprint density at radius 3 is 2.52 bits per heavy atom. The molecule has 0 saturated carbocycles. The third-order valence-electron chi connectivity index (χ3n) is 5.13. The van der Waals surface area contributed by atoms with Gasteiger partial charge in [0, 0.05) is 30.8 Å². The molecule has 2 N–H and O–H groups in total. The molecular formula is C21H27N3O2S. The molecule has 5 nitrogen and oxygen atoms in total. The number of hydrogen-bond donors (Lipinski definition) is 2. The fourth-order valence-electron chi connectivity index (χ4n) is 3.54. The number of nitrogens with one attached hydrogen (secondary N) is 2. The molecule has 0 aliphatic carbocycles. The summed E-state index contributed by atoms with van der Waals surface area (Å²) in [7, 11) is 1.69. The van der Waals surface area contributed by atoms with E-state index in [9.17, 15) is 9.59 Å². The van der Waals surface area contributed by atoms with E-state index in [1.807, 2.05) is 41.8 Å². The highest BCUT2D eigenvalue weighted by atomic mass is 32.1. The molecule has 0 bridgehead atoms. The molecule has 2 heterocycles. The van der Waals surface area contributed by atoms with E-state index < -0.39 is 0 Å². The zero-order valence-corrected chi connectivity index (χ0v) is 16.5. The van der Waals surface area contributed by atoms with Crippen molar-refractivity contribution in [2.75, 3.05) is 26.7 Å². The Kier molecular flexibility index (Phi) is 7.01. The maximum Gasteiger partial charge on any atom is 0.222 e. The van der Waals surface area contributed by atoms with E-state index in [1.165, 1.54) is 0 Å². The number of likely N-dealkylation sites (tertiary alicyclic amines) is 1. The summed E-state index contributed by atoms with van der Waals surface area (Å²) in [4.78, 5) is 27.7. The van der Waals surface area contributed by atoms with E-state index in [-0.39, 0.29) is 23.8 Å². The highest BCUT2D eigenvalue weighted by Crippen LogP contribution is 2.26. The molecule has 1 aromatic heterocycles.